The molecule has 112 valence electrons. The van der Waals surface area contributed by atoms with Gasteiger partial charge in [-0.3, -0.25) is 4.79 Å². The number of rotatable bonds is 4. The highest BCUT2D eigenvalue weighted by Crippen LogP contribution is 2.20. The topological polar surface area (TPSA) is 74.6 Å². The number of hydrogen-bond acceptors (Lipinski definition) is 3. The van der Waals surface area contributed by atoms with Gasteiger partial charge in [-0.2, -0.15) is 0 Å². The molecule has 0 bridgehead atoms. The summed E-state index contributed by atoms with van der Waals surface area (Å²) in [4.78, 5) is 22.6. The minimum atomic E-state index is -1.24. The molecule has 0 fully saturated rings. The summed E-state index contributed by atoms with van der Waals surface area (Å²) < 4.78 is 26.4. The summed E-state index contributed by atoms with van der Waals surface area (Å²) >= 11 is 0. The first-order valence-electron chi connectivity index (χ1n) is 6.12. The number of carboxylic acid groups (broad SMARTS) is 1. The van der Waals surface area contributed by atoms with E-state index in [1.165, 1.54) is 0 Å². The van der Waals surface area contributed by atoms with Crippen LogP contribution in [0.3, 0.4) is 0 Å². The Labute approximate surface area is 124 Å². The lowest BCUT2D eigenvalue weighted by atomic mass is 10.1. The van der Waals surface area contributed by atoms with Crippen LogP contribution in [0.15, 0.2) is 42.5 Å². The fourth-order valence-electron chi connectivity index (χ4n) is 1.77. The minimum absolute atomic E-state index is 0.116. The van der Waals surface area contributed by atoms with Crippen molar-refractivity contribution >= 4 is 17.8 Å². The van der Waals surface area contributed by atoms with Gasteiger partial charge in [0.25, 0.3) is 0 Å². The minimum Gasteiger partial charge on any atom is -0.507 e. The van der Waals surface area contributed by atoms with E-state index in [4.69, 9.17) is 5.11 Å². The van der Waals surface area contributed by atoms with Crippen molar-refractivity contribution in [1.82, 2.24) is 0 Å². The quantitative estimate of drug-likeness (QED) is 0.671. The SMILES string of the molecule is O=C(O)c1ccc(C(=O)C=Cc2cc(F)ccc2F)c(O)c1. The first-order chi connectivity index (χ1) is 10.4. The van der Waals surface area contributed by atoms with Gasteiger partial charge in [-0.15, -0.1) is 0 Å². The fraction of sp³-hybridized carbons (Fsp3) is 0. The van der Waals surface area contributed by atoms with Crippen LogP contribution in [-0.4, -0.2) is 22.0 Å². The average Bonchev–Trinajstić information content (AvgIpc) is 2.47. The van der Waals surface area contributed by atoms with Gasteiger partial charge in [0.15, 0.2) is 5.78 Å². The molecule has 2 aromatic rings. The van der Waals surface area contributed by atoms with Crippen LogP contribution in [0.1, 0.15) is 26.3 Å². The summed E-state index contributed by atoms with van der Waals surface area (Å²) in [6, 6.07) is 6.04. The molecule has 2 aromatic carbocycles. The Kier molecular flexibility index (Phi) is 4.31. The molecule has 0 aliphatic rings. The summed E-state index contributed by atoms with van der Waals surface area (Å²) in [5.74, 6) is -3.77. The number of halogens is 2. The third-order valence-electron chi connectivity index (χ3n) is 2.88. The number of hydrogen-bond donors (Lipinski definition) is 2. The van der Waals surface area contributed by atoms with Crippen molar-refractivity contribution in [1.29, 1.82) is 0 Å². The van der Waals surface area contributed by atoms with Crippen LogP contribution in [0.2, 0.25) is 0 Å². The maximum absolute atomic E-state index is 13.4. The van der Waals surface area contributed by atoms with Crippen LogP contribution in [0.25, 0.3) is 6.08 Å². The summed E-state index contributed by atoms with van der Waals surface area (Å²) in [5, 5.41) is 18.4. The number of carbonyl (C=O) groups is 2. The monoisotopic (exact) mass is 304 g/mol. The molecule has 0 heterocycles. The molecule has 0 saturated carbocycles. The molecule has 0 atom stereocenters. The highest BCUT2D eigenvalue weighted by atomic mass is 19.1. The summed E-state index contributed by atoms with van der Waals surface area (Å²) in [7, 11) is 0. The van der Waals surface area contributed by atoms with Gasteiger partial charge in [0.05, 0.1) is 11.1 Å². The van der Waals surface area contributed by atoms with Crippen molar-refractivity contribution < 1.29 is 28.6 Å². The smallest absolute Gasteiger partial charge is 0.335 e. The van der Waals surface area contributed by atoms with Gasteiger partial charge in [-0.05, 0) is 48.6 Å². The van der Waals surface area contributed by atoms with E-state index in [-0.39, 0.29) is 16.7 Å². The fourth-order valence-corrected chi connectivity index (χ4v) is 1.77. The second-order valence-electron chi connectivity index (χ2n) is 4.40. The van der Waals surface area contributed by atoms with Crippen molar-refractivity contribution in [3.05, 3.63) is 70.8 Å². The zero-order valence-electron chi connectivity index (χ0n) is 11.1. The van der Waals surface area contributed by atoms with Crippen LogP contribution in [0, 0.1) is 11.6 Å². The average molecular weight is 304 g/mol. The van der Waals surface area contributed by atoms with E-state index in [2.05, 4.69) is 0 Å². The van der Waals surface area contributed by atoms with Gasteiger partial charge in [-0.25, -0.2) is 13.6 Å². The lowest BCUT2D eigenvalue weighted by Crippen LogP contribution is -2.00. The molecular weight excluding hydrogens is 294 g/mol. The highest BCUT2D eigenvalue weighted by molar-refractivity contribution is 6.09. The number of benzene rings is 2. The predicted octanol–water partition coefficient (Wildman–Crippen LogP) is 3.26. The van der Waals surface area contributed by atoms with Gasteiger partial charge < -0.3 is 10.2 Å². The molecule has 0 amide bonds. The first kappa shape index (κ1) is 15.4. The molecule has 0 spiro atoms. The number of aromatic hydroxyl groups is 1. The second kappa shape index (κ2) is 6.17. The molecule has 2 rings (SSSR count). The largest absolute Gasteiger partial charge is 0.507 e. The second-order valence-corrected chi connectivity index (χ2v) is 4.40. The standard InChI is InChI=1S/C16H10F2O4/c17-11-3-5-13(18)9(7-11)2-6-14(19)12-4-1-10(16(21)22)8-15(12)20/h1-8,20H,(H,21,22). The maximum atomic E-state index is 13.4. The van der Waals surface area contributed by atoms with Crippen LogP contribution < -0.4 is 0 Å². The highest BCUT2D eigenvalue weighted by Gasteiger charge is 2.12. The van der Waals surface area contributed by atoms with Crippen LogP contribution in [0.5, 0.6) is 5.75 Å². The number of carbonyl (C=O) groups excluding carboxylic acids is 1. The molecule has 4 nitrogen and oxygen atoms in total. The summed E-state index contributed by atoms with van der Waals surface area (Å²) in [6.45, 7) is 0. The van der Waals surface area contributed by atoms with Gasteiger partial charge in [-0.1, -0.05) is 0 Å². The Morgan fingerprint density at radius 1 is 1.05 bits per heavy atom. The van der Waals surface area contributed by atoms with Gasteiger partial charge in [0.2, 0.25) is 0 Å². The van der Waals surface area contributed by atoms with Crippen molar-refractivity contribution in [2.45, 2.75) is 0 Å². The Morgan fingerprint density at radius 3 is 2.41 bits per heavy atom. The van der Waals surface area contributed by atoms with E-state index in [1.54, 1.807) is 0 Å². The van der Waals surface area contributed by atoms with Crippen molar-refractivity contribution in [2.24, 2.45) is 0 Å². The van der Waals surface area contributed by atoms with Gasteiger partial charge >= 0.3 is 5.97 Å². The molecule has 0 aliphatic carbocycles. The Morgan fingerprint density at radius 2 is 1.77 bits per heavy atom. The van der Waals surface area contributed by atoms with E-state index in [1.807, 2.05) is 0 Å². The molecule has 2 N–H and O–H groups in total. The number of ketones is 1. The van der Waals surface area contributed by atoms with Crippen molar-refractivity contribution in [2.75, 3.05) is 0 Å². The first-order valence-corrected chi connectivity index (χ1v) is 6.12. The Balaban J connectivity index is 2.27. The molecule has 0 unspecified atom stereocenters. The lowest BCUT2D eigenvalue weighted by Gasteiger charge is -2.02. The van der Waals surface area contributed by atoms with Crippen molar-refractivity contribution in [3.8, 4) is 5.75 Å². The van der Waals surface area contributed by atoms with Gasteiger partial charge in [0, 0.05) is 5.56 Å². The van der Waals surface area contributed by atoms with Crippen LogP contribution >= 0.6 is 0 Å². The van der Waals surface area contributed by atoms with Gasteiger partial charge in [0.1, 0.15) is 17.4 Å². The maximum Gasteiger partial charge on any atom is 0.335 e. The van der Waals surface area contributed by atoms with E-state index in [0.29, 0.717) is 0 Å². The molecule has 0 aliphatic heterocycles. The number of allylic oxidation sites excluding steroid dienone is 1. The van der Waals surface area contributed by atoms with E-state index >= 15 is 0 Å². The molecule has 0 aromatic heterocycles. The number of aromatic carboxylic acids is 1. The molecular formula is C16H10F2O4. The van der Waals surface area contributed by atoms with Crippen molar-refractivity contribution in [3.63, 3.8) is 0 Å². The summed E-state index contributed by atoms with van der Waals surface area (Å²) in [5.41, 5.74) is -0.428. The van der Waals surface area contributed by atoms with E-state index in [0.717, 1.165) is 48.6 Å². The third-order valence-corrected chi connectivity index (χ3v) is 2.88. The number of carboxylic acids is 1. The molecule has 0 radical (unpaired) electrons. The molecule has 6 heteroatoms. The number of phenols is 1. The third kappa shape index (κ3) is 3.35. The Hall–Kier alpha value is -3.02. The van der Waals surface area contributed by atoms with E-state index < -0.39 is 29.1 Å². The molecule has 0 saturated heterocycles. The Bertz CT molecular complexity index is 782. The number of phenolic OH excluding ortho intramolecular Hbond substituents is 1. The normalized spacial score (nSPS) is 10.8. The van der Waals surface area contributed by atoms with Crippen LogP contribution in [0.4, 0.5) is 8.78 Å². The van der Waals surface area contributed by atoms with E-state index in [9.17, 15) is 23.5 Å². The molecule has 22 heavy (non-hydrogen) atoms. The zero-order valence-corrected chi connectivity index (χ0v) is 11.1. The zero-order chi connectivity index (χ0) is 16.3. The summed E-state index contributed by atoms with van der Waals surface area (Å²) in [6.07, 6.45) is 2.04. The predicted molar refractivity (Wildman–Crippen MR) is 74.8 cm³/mol. The lowest BCUT2D eigenvalue weighted by molar-refractivity contribution is 0.0696. The van der Waals surface area contributed by atoms with Crippen LogP contribution in [-0.2, 0) is 0 Å².